The highest BCUT2D eigenvalue weighted by molar-refractivity contribution is 6.09. The molecule has 21 heavy (non-hydrogen) atoms. The van der Waals surface area contributed by atoms with E-state index in [0.717, 1.165) is 22.0 Å². The van der Waals surface area contributed by atoms with Gasteiger partial charge in [-0.15, -0.1) is 0 Å². The zero-order chi connectivity index (χ0) is 14.7. The second-order valence-electron chi connectivity index (χ2n) is 5.14. The smallest absolute Gasteiger partial charge is 0.182 e. The van der Waals surface area contributed by atoms with Gasteiger partial charge in [0.15, 0.2) is 5.78 Å². The Bertz CT molecular complexity index is 759. The summed E-state index contributed by atoms with van der Waals surface area (Å²) in [5, 5.41) is 2.12. The van der Waals surface area contributed by atoms with Gasteiger partial charge in [0, 0.05) is 18.3 Å². The number of benzene rings is 3. The summed E-state index contributed by atoms with van der Waals surface area (Å²) in [6.07, 6.45) is 0. The quantitative estimate of drug-likeness (QED) is 0.666. The van der Waals surface area contributed by atoms with Crippen LogP contribution in [0, 0.1) is 0 Å². The van der Waals surface area contributed by atoms with Crippen molar-refractivity contribution in [1.29, 1.82) is 0 Å². The normalized spacial score (nSPS) is 10.5. The Hall–Kier alpha value is -2.61. The summed E-state index contributed by atoms with van der Waals surface area (Å²) in [6.45, 7) is 0.373. The Kier molecular flexibility index (Phi) is 3.69. The number of ketones is 1. The molecule has 3 aromatic carbocycles. The molecule has 0 unspecified atom stereocenters. The number of rotatable bonds is 4. The van der Waals surface area contributed by atoms with Gasteiger partial charge < -0.3 is 4.90 Å². The number of carbonyl (C=O) groups excluding carboxylic acids is 1. The lowest BCUT2D eigenvalue weighted by Crippen LogP contribution is -2.25. The van der Waals surface area contributed by atoms with Gasteiger partial charge in [-0.2, -0.15) is 0 Å². The minimum atomic E-state index is 0.137. The molecule has 0 atom stereocenters. The average Bonchev–Trinajstić information content (AvgIpc) is 2.55. The van der Waals surface area contributed by atoms with Crippen molar-refractivity contribution in [3.05, 3.63) is 78.4 Å². The van der Waals surface area contributed by atoms with Gasteiger partial charge in [-0.25, -0.2) is 0 Å². The predicted molar refractivity (Wildman–Crippen MR) is 88.0 cm³/mol. The van der Waals surface area contributed by atoms with E-state index >= 15 is 0 Å². The van der Waals surface area contributed by atoms with Crippen molar-refractivity contribution in [1.82, 2.24) is 0 Å². The van der Waals surface area contributed by atoms with Crippen LogP contribution in [-0.2, 0) is 0 Å². The number of anilines is 1. The third kappa shape index (κ3) is 2.79. The van der Waals surface area contributed by atoms with Gasteiger partial charge in [0.2, 0.25) is 0 Å². The van der Waals surface area contributed by atoms with E-state index in [2.05, 4.69) is 0 Å². The molecule has 0 heterocycles. The van der Waals surface area contributed by atoms with Crippen LogP contribution >= 0.6 is 0 Å². The molecule has 0 aliphatic heterocycles. The number of likely N-dealkylation sites (N-methyl/N-ethyl adjacent to an activating group) is 1. The lowest BCUT2D eigenvalue weighted by molar-refractivity contribution is 0.100. The minimum Gasteiger partial charge on any atom is -0.367 e. The minimum absolute atomic E-state index is 0.137. The van der Waals surface area contributed by atoms with E-state index in [1.807, 2.05) is 84.7 Å². The van der Waals surface area contributed by atoms with Crippen LogP contribution in [0.5, 0.6) is 0 Å². The molecule has 3 aromatic rings. The third-order valence-electron chi connectivity index (χ3n) is 3.67. The third-order valence-corrected chi connectivity index (χ3v) is 3.67. The molecule has 2 heteroatoms. The second-order valence-corrected chi connectivity index (χ2v) is 5.14. The molecule has 0 fully saturated rings. The van der Waals surface area contributed by atoms with Crippen molar-refractivity contribution in [3.8, 4) is 0 Å². The van der Waals surface area contributed by atoms with Crippen LogP contribution in [-0.4, -0.2) is 19.4 Å². The molecule has 0 amide bonds. The van der Waals surface area contributed by atoms with Crippen LogP contribution in [0.2, 0.25) is 0 Å². The first kappa shape index (κ1) is 13.4. The molecular weight excluding hydrogens is 258 g/mol. The van der Waals surface area contributed by atoms with Crippen molar-refractivity contribution in [2.45, 2.75) is 0 Å². The zero-order valence-corrected chi connectivity index (χ0v) is 12.0. The van der Waals surface area contributed by atoms with Crippen molar-refractivity contribution in [3.63, 3.8) is 0 Å². The molecular formula is C19H17NO. The van der Waals surface area contributed by atoms with Gasteiger partial charge in [0.05, 0.1) is 6.54 Å². The summed E-state index contributed by atoms with van der Waals surface area (Å²) in [6, 6.07) is 23.8. The Labute approximate surface area is 124 Å². The number of hydrogen-bond donors (Lipinski definition) is 0. The van der Waals surface area contributed by atoms with Gasteiger partial charge in [-0.3, -0.25) is 4.79 Å². The highest BCUT2D eigenvalue weighted by Gasteiger charge is 2.12. The summed E-state index contributed by atoms with van der Waals surface area (Å²) < 4.78 is 0. The predicted octanol–water partition coefficient (Wildman–Crippen LogP) is 4.16. The van der Waals surface area contributed by atoms with E-state index in [4.69, 9.17) is 0 Å². The molecule has 0 aliphatic carbocycles. The molecule has 0 N–H and O–H groups in total. The molecule has 3 rings (SSSR count). The van der Waals surface area contributed by atoms with E-state index in [1.165, 1.54) is 0 Å². The second kappa shape index (κ2) is 5.80. The lowest BCUT2D eigenvalue weighted by atomic mass is 10.0. The van der Waals surface area contributed by atoms with Crippen LogP contribution in [0.15, 0.2) is 72.8 Å². The maximum Gasteiger partial charge on any atom is 0.182 e. The number of Topliss-reactive ketones (excluding diaryl/α,β-unsaturated/α-hetero) is 1. The van der Waals surface area contributed by atoms with Gasteiger partial charge >= 0.3 is 0 Å². The molecule has 0 aliphatic rings. The highest BCUT2D eigenvalue weighted by Crippen LogP contribution is 2.20. The van der Waals surface area contributed by atoms with Crippen LogP contribution < -0.4 is 4.90 Å². The highest BCUT2D eigenvalue weighted by atomic mass is 16.1. The van der Waals surface area contributed by atoms with Crippen molar-refractivity contribution in [2.75, 3.05) is 18.5 Å². The molecule has 0 aromatic heterocycles. The summed E-state index contributed by atoms with van der Waals surface area (Å²) >= 11 is 0. The van der Waals surface area contributed by atoms with Crippen molar-refractivity contribution >= 4 is 22.2 Å². The first-order valence-electron chi connectivity index (χ1n) is 7.03. The van der Waals surface area contributed by atoms with Crippen molar-refractivity contribution < 1.29 is 4.79 Å². The van der Waals surface area contributed by atoms with E-state index in [1.54, 1.807) is 0 Å². The molecule has 0 spiro atoms. The van der Waals surface area contributed by atoms with Crippen molar-refractivity contribution in [2.24, 2.45) is 0 Å². The number of hydrogen-bond acceptors (Lipinski definition) is 2. The molecule has 0 radical (unpaired) electrons. The molecule has 0 bridgehead atoms. The fourth-order valence-electron chi connectivity index (χ4n) is 2.54. The van der Waals surface area contributed by atoms with Crippen LogP contribution in [0.1, 0.15) is 10.4 Å². The Morgan fingerprint density at radius 2 is 1.52 bits per heavy atom. The summed E-state index contributed by atoms with van der Waals surface area (Å²) in [5.41, 5.74) is 1.84. The van der Waals surface area contributed by atoms with Gasteiger partial charge in [-0.1, -0.05) is 60.7 Å². The Morgan fingerprint density at radius 1 is 0.857 bits per heavy atom. The SMILES string of the molecule is CN(CC(=O)c1cccc2ccccc12)c1ccccc1. The molecule has 0 saturated carbocycles. The summed E-state index contributed by atoms with van der Waals surface area (Å²) in [4.78, 5) is 14.6. The zero-order valence-electron chi connectivity index (χ0n) is 12.0. The van der Waals surface area contributed by atoms with E-state index in [0.29, 0.717) is 6.54 Å². The molecule has 0 saturated heterocycles. The fourth-order valence-corrected chi connectivity index (χ4v) is 2.54. The summed E-state index contributed by atoms with van der Waals surface area (Å²) in [7, 11) is 1.94. The average molecular weight is 275 g/mol. The molecule has 104 valence electrons. The topological polar surface area (TPSA) is 20.3 Å². The molecule has 2 nitrogen and oxygen atoms in total. The first-order valence-corrected chi connectivity index (χ1v) is 7.03. The van der Waals surface area contributed by atoms with Crippen LogP contribution in [0.25, 0.3) is 10.8 Å². The number of nitrogens with zero attached hydrogens (tertiary/aromatic N) is 1. The van der Waals surface area contributed by atoms with Crippen LogP contribution in [0.4, 0.5) is 5.69 Å². The monoisotopic (exact) mass is 275 g/mol. The number of carbonyl (C=O) groups is 1. The van der Waals surface area contributed by atoms with E-state index < -0.39 is 0 Å². The van der Waals surface area contributed by atoms with E-state index in [-0.39, 0.29) is 5.78 Å². The van der Waals surface area contributed by atoms with Crippen LogP contribution in [0.3, 0.4) is 0 Å². The number of fused-ring (bicyclic) bond motifs is 1. The standard InChI is InChI=1S/C19H17NO/c1-20(16-10-3-2-4-11-16)14-19(21)18-13-7-9-15-8-5-6-12-17(15)18/h2-13H,14H2,1H3. The van der Waals surface area contributed by atoms with Gasteiger partial charge in [-0.05, 0) is 22.9 Å². The Morgan fingerprint density at radius 3 is 2.33 bits per heavy atom. The van der Waals surface area contributed by atoms with Gasteiger partial charge in [0.1, 0.15) is 0 Å². The fraction of sp³-hybridized carbons (Fsp3) is 0.105. The number of para-hydroxylation sites is 1. The maximum absolute atomic E-state index is 12.6. The van der Waals surface area contributed by atoms with Gasteiger partial charge in [0.25, 0.3) is 0 Å². The first-order chi connectivity index (χ1) is 10.3. The Balaban J connectivity index is 1.88. The van der Waals surface area contributed by atoms with E-state index in [9.17, 15) is 4.79 Å². The largest absolute Gasteiger partial charge is 0.367 e. The summed E-state index contributed by atoms with van der Waals surface area (Å²) in [5.74, 6) is 0.137. The lowest BCUT2D eigenvalue weighted by Gasteiger charge is -2.18. The maximum atomic E-state index is 12.6.